The summed E-state index contributed by atoms with van der Waals surface area (Å²) in [5.41, 5.74) is 1.37. The number of imide groups is 2. The van der Waals surface area contributed by atoms with E-state index in [4.69, 9.17) is 32.7 Å². The summed E-state index contributed by atoms with van der Waals surface area (Å²) in [7, 11) is 4.10. The van der Waals surface area contributed by atoms with Crippen molar-refractivity contribution in [3.8, 4) is 17.2 Å². The van der Waals surface area contributed by atoms with Crippen LogP contribution in [0.15, 0.2) is 54.1 Å². The first kappa shape index (κ1) is 26.7. The number of phenols is 1. The molecule has 0 radical (unpaired) electrons. The van der Waals surface area contributed by atoms with Gasteiger partial charge >= 0.3 is 0 Å². The highest BCUT2D eigenvalue weighted by atomic mass is 35.5. The fourth-order valence-corrected chi connectivity index (χ4v) is 8.11. The number of rotatable bonds is 4. The van der Waals surface area contributed by atoms with Crippen LogP contribution >= 0.6 is 23.2 Å². The summed E-state index contributed by atoms with van der Waals surface area (Å²) >= 11 is 14.4. The second-order valence-corrected chi connectivity index (χ2v) is 11.9. The lowest BCUT2D eigenvalue weighted by atomic mass is 9.56. The third-order valence-corrected chi connectivity index (χ3v) is 10.3. The van der Waals surface area contributed by atoms with Crippen LogP contribution in [-0.4, -0.2) is 64.7 Å². The summed E-state index contributed by atoms with van der Waals surface area (Å²) < 4.78 is 11.2. The van der Waals surface area contributed by atoms with E-state index in [1.807, 2.05) is 6.08 Å². The molecule has 40 heavy (non-hydrogen) atoms. The highest BCUT2D eigenvalue weighted by Gasteiger charge is 2.76. The van der Waals surface area contributed by atoms with Crippen LogP contribution in [0, 0.1) is 17.8 Å². The van der Waals surface area contributed by atoms with E-state index < -0.39 is 51.1 Å². The predicted molar refractivity (Wildman–Crippen MR) is 146 cm³/mol. The van der Waals surface area contributed by atoms with Crippen LogP contribution in [0.1, 0.15) is 24.3 Å². The Labute approximate surface area is 240 Å². The van der Waals surface area contributed by atoms with Crippen LogP contribution in [0.3, 0.4) is 0 Å². The van der Waals surface area contributed by atoms with Crippen molar-refractivity contribution in [3.05, 3.63) is 59.7 Å². The number of likely N-dealkylation sites (tertiary alicyclic amines) is 1. The average Bonchev–Trinajstić information content (AvgIpc) is 3.28. The summed E-state index contributed by atoms with van der Waals surface area (Å²) in [6.45, 7) is 0. The minimum Gasteiger partial charge on any atom is -0.508 e. The molecule has 1 N–H and O–H groups in total. The minimum absolute atomic E-state index is 0.124. The number of methoxy groups -OCH3 is 2. The van der Waals surface area contributed by atoms with Gasteiger partial charge in [0.05, 0.1) is 31.7 Å². The highest BCUT2D eigenvalue weighted by Crippen LogP contribution is 2.67. The van der Waals surface area contributed by atoms with Gasteiger partial charge in [0.15, 0.2) is 9.75 Å². The van der Waals surface area contributed by atoms with E-state index in [0.717, 1.165) is 4.90 Å². The number of aromatic hydroxyl groups is 1. The van der Waals surface area contributed by atoms with E-state index in [1.54, 1.807) is 30.3 Å². The van der Waals surface area contributed by atoms with Gasteiger partial charge in [-0.25, -0.2) is 0 Å². The van der Waals surface area contributed by atoms with Crippen molar-refractivity contribution in [3.63, 3.8) is 0 Å². The number of halogens is 2. The average molecular weight is 585 g/mol. The summed E-state index contributed by atoms with van der Waals surface area (Å²) in [6, 6.07) is 11.4. The number of nitrogens with zero attached hydrogens (tertiary/aromatic N) is 2. The van der Waals surface area contributed by atoms with Crippen molar-refractivity contribution >= 4 is 52.5 Å². The lowest BCUT2D eigenvalue weighted by molar-refractivity contribution is -0.138. The summed E-state index contributed by atoms with van der Waals surface area (Å²) in [6.07, 6.45) is 1.93. The topological polar surface area (TPSA) is 113 Å². The van der Waals surface area contributed by atoms with Gasteiger partial charge < -0.3 is 14.6 Å². The zero-order valence-electron chi connectivity index (χ0n) is 21.9. The van der Waals surface area contributed by atoms with Crippen molar-refractivity contribution in [1.29, 1.82) is 0 Å². The predicted octanol–water partition coefficient (Wildman–Crippen LogP) is 3.60. The van der Waals surface area contributed by atoms with E-state index in [9.17, 15) is 24.3 Å². The molecular formula is C29H26Cl2N2O7. The molecule has 2 saturated heterocycles. The number of fused-ring (bicyclic) bond motifs is 4. The standard InChI is InChI=1S/C29H26Cl2N2O7/c1-32-26(37)28(30)13-18-16(9-10-17-21(18)25(36)33(24(17)35)14-7-5-4-6-8-14)23(29(28,31)27(32)38)22-19(39-2)11-15(34)12-20(22)40-3/h4-9,11-12,17-18,21,23,34H,10,13H2,1-3H3/t17-,18+,21-,23+,28+,29-/m0/s1. The Kier molecular flexibility index (Phi) is 5.98. The SMILES string of the molecule is COc1cc(O)cc(OC)c1[C@H]1C2=CC[C@@H]3C(=O)N(c4ccccc4)C(=O)[C@@H]3[C@@H]2C[C@@]2(Cl)C(=O)N(C)C(=O)[C@@]12Cl. The second-order valence-electron chi connectivity index (χ2n) is 10.6. The molecule has 2 aromatic carbocycles. The quantitative estimate of drug-likeness (QED) is 0.332. The molecule has 0 aromatic heterocycles. The van der Waals surface area contributed by atoms with Crippen LogP contribution in [0.5, 0.6) is 17.2 Å². The first-order chi connectivity index (χ1) is 19.0. The van der Waals surface area contributed by atoms with Gasteiger partial charge in [0, 0.05) is 30.7 Å². The third kappa shape index (κ3) is 3.22. The van der Waals surface area contributed by atoms with E-state index >= 15 is 0 Å². The number of carbonyl (C=O) groups excluding carboxylic acids is 4. The number of hydrogen-bond acceptors (Lipinski definition) is 7. The number of anilines is 1. The Morgan fingerprint density at radius 1 is 0.925 bits per heavy atom. The third-order valence-electron chi connectivity index (χ3n) is 8.85. The molecule has 0 bridgehead atoms. The number of hydrogen-bond donors (Lipinski definition) is 1. The molecule has 3 fully saturated rings. The van der Waals surface area contributed by atoms with Crippen LogP contribution < -0.4 is 14.4 Å². The number of amides is 4. The van der Waals surface area contributed by atoms with Gasteiger partial charge in [-0.15, -0.1) is 23.2 Å². The lowest BCUT2D eigenvalue weighted by Crippen LogP contribution is -2.60. The van der Waals surface area contributed by atoms with Crippen molar-refractivity contribution in [2.75, 3.05) is 26.2 Å². The zero-order valence-corrected chi connectivity index (χ0v) is 23.4. The normalized spacial score (nSPS) is 33.0. The van der Waals surface area contributed by atoms with E-state index in [1.165, 1.54) is 38.3 Å². The van der Waals surface area contributed by atoms with Crippen molar-refractivity contribution in [1.82, 2.24) is 4.90 Å². The zero-order chi connectivity index (χ0) is 28.7. The highest BCUT2D eigenvalue weighted by molar-refractivity contribution is 6.53. The summed E-state index contributed by atoms with van der Waals surface area (Å²) in [5, 5.41) is 10.3. The molecule has 11 heteroatoms. The van der Waals surface area contributed by atoms with Gasteiger partial charge in [0.1, 0.15) is 17.2 Å². The maximum absolute atomic E-state index is 14.0. The Morgan fingerprint density at radius 3 is 2.15 bits per heavy atom. The molecule has 4 aliphatic rings. The Hall–Kier alpha value is -3.56. The largest absolute Gasteiger partial charge is 0.508 e. The molecule has 2 heterocycles. The van der Waals surface area contributed by atoms with Gasteiger partial charge in [-0.2, -0.15) is 0 Å². The summed E-state index contributed by atoms with van der Waals surface area (Å²) in [5.74, 6) is -5.18. The number of benzene rings is 2. The maximum Gasteiger partial charge on any atom is 0.253 e. The van der Waals surface area contributed by atoms with Crippen LogP contribution in [-0.2, 0) is 19.2 Å². The molecular weight excluding hydrogens is 559 g/mol. The van der Waals surface area contributed by atoms with Crippen LogP contribution in [0.2, 0.25) is 0 Å². The molecule has 6 atom stereocenters. The molecule has 0 spiro atoms. The Bertz CT molecular complexity index is 1490. The maximum atomic E-state index is 14.0. The monoisotopic (exact) mass is 584 g/mol. The first-order valence-corrected chi connectivity index (χ1v) is 13.5. The molecule has 9 nitrogen and oxygen atoms in total. The number of carbonyl (C=O) groups is 4. The smallest absolute Gasteiger partial charge is 0.253 e. The van der Waals surface area contributed by atoms with Gasteiger partial charge in [-0.05, 0) is 30.9 Å². The Balaban J connectivity index is 1.58. The minimum atomic E-state index is -2.00. The van der Waals surface area contributed by atoms with Crippen LogP contribution in [0.4, 0.5) is 5.69 Å². The second kappa shape index (κ2) is 8.97. The number of alkyl halides is 2. The van der Waals surface area contributed by atoms with Crippen LogP contribution in [0.25, 0.3) is 0 Å². The molecule has 0 unspecified atom stereocenters. The number of ether oxygens (including phenoxy) is 2. The van der Waals surface area contributed by atoms with Gasteiger partial charge in [0.25, 0.3) is 11.8 Å². The summed E-state index contributed by atoms with van der Waals surface area (Å²) in [4.78, 5) is 53.1. The molecule has 2 aliphatic carbocycles. The molecule has 2 aromatic rings. The van der Waals surface area contributed by atoms with Crippen molar-refractivity contribution in [2.24, 2.45) is 17.8 Å². The number of phenolic OH excluding ortho intramolecular Hbond substituents is 1. The molecule has 2 aliphatic heterocycles. The van der Waals surface area contributed by atoms with Gasteiger partial charge in [-0.3, -0.25) is 29.0 Å². The van der Waals surface area contributed by atoms with E-state index in [-0.39, 0.29) is 36.0 Å². The van der Waals surface area contributed by atoms with Gasteiger partial charge in [-0.1, -0.05) is 29.8 Å². The first-order valence-electron chi connectivity index (χ1n) is 12.8. The van der Waals surface area contributed by atoms with Gasteiger partial charge in [0.2, 0.25) is 11.8 Å². The Morgan fingerprint density at radius 2 is 1.55 bits per heavy atom. The molecule has 4 amide bonds. The number of allylic oxidation sites excluding steroid dienone is 2. The van der Waals surface area contributed by atoms with E-state index in [2.05, 4.69) is 0 Å². The fourth-order valence-electron chi connectivity index (χ4n) is 7.10. The molecule has 1 saturated carbocycles. The molecule has 208 valence electrons. The lowest BCUT2D eigenvalue weighted by Gasteiger charge is -2.51. The number of para-hydroxylation sites is 1. The molecule has 6 rings (SSSR count). The van der Waals surface area contributed by atoms with Crippen molar-refractivity contribution in [2.45, 2.75) is 28.5 Å². The van der Waals surface area contributed by atoms with E-state index in [0.29, 0.717) is 16.8 Å². The van der Waals surface area contributed by atoms with Crippen molar-refractivity contribution < 1.29 is 33.8 Å². The fraction of sp³-hybridized carbons (Fsp3) is 0.379.